The molecular formula is C27H24ClN5O3S. The van der Waals surface area contributed by atoms with Gasteiger partial charge in [-0.05, 0) is 56.8 Å². The van der Waals surface area contributed by atoms with Crippen molar-refractivity contribution in [3.05, 3.63) is 70.7 Å². The molecule has 1 fully saturated rings. The standard InChI is InChI=1S/C27H24ClN5O3S/c1-32-13-5-6-16(15-32)30-25(34)24-23-22-21(11-12-29-26(22)37-24)33(27(35)31-23)20-10-9-18(14-19(20)28)36-17-7-3-2-4-8-17/h2-4,7-12,14,16H,5-6,13,15H2,1H3,(H,30,34)(H,31,35)/t16-/m1/s1. The zero-order chi connectivity index (χ0) is 25.5. The van der Waals surface area contributed by atoms with Crippen molar-refractivity contribution < 1.29 is 14.3 Å². The summed E-state index contributed by atoms with van der Waals surface area (Å²) in [6.45, 7) is 1.83. The van der Waals surface area contributed by atoms with Gasteiger partial charge >= 0.3 is 6.03 Å². The Morgan fingerprint density at radius 2 is 2.00 bits per heavy atom. The number of carbonyl (C=O) groups excluding carboxylic acids is 2. The number of aromatic nitrogens is 1. The van der Waals surface area contributed by atoms with Crippen molar-refractivity contribution in [2.75, 3.05) is 30.4 Å². The number of nitrogens with one attached hydrogen (secondary N) is 2. The lowest BCUT2D eigenvalue weighted by molar-refractivity contribution is 0.0917. The van der Waals surface area contributed by atoms with Crippen LogP contribution in [0.25, 0.3) is 10.2 Å². The lowest BCUT2D eigenvalue weighted by atomic mass is 10.1. The molecule has 188 valence electrons. The highest BCUT2D eigenvalue weighted by atomic mass is 35.5. The first-order chi connectivity index (χ1) is 18.0. The number of ether oxygens (including phenoxy) is 1. The monoisotopic (exact) mass is 533 g/mol. The number of benzene rings is 2. The van der Waals surface area contributed by atoms with E-state index in [9.17, 15) is 9.59 Å². The number of likely N-dealkylation sites (tertiary alicyclic amines) is 1. The van der Waals surface area contributed by atoms with Crippen molar-refractivity contribution in [3.63, 3.8) is 0 Å². The SMILES string of the molecule is CN1CCC[C@@H](NC(=O)c2sc3nccc4c3c2NC(=O)N4c2ccc(Oc3ccccc3)cc2Cl)C1. The van der Waals surface area contributed by atoms with E-state index in [1.54, 1.807) is 30.5 Å². The van der Waals surface area contributed by atoms with Crippen LogP contribution in [0.1, 0.15) is 22.5 Å². The highest BCUT2D eigenvalue weighted by molar-refractivity contribution is 7.21. The molecule has 1 saturated heterocycles. The molecule has 0 saturated carbocycles. The average molecular weight is 534 g/mol. The molecule has 10 heteroatoms. The van der Waals surface area contributed by atoms with Crippen LogP contribution in [0.15, 0.2) is 60.8 Å². The lowest BCUT2D eigenvalue weighted by Crippen LogP contribution is -2.46. The number of likely N-dealkylation sites (N-methyl/N-ethyl adjacent to an activating group) is 1. The van der Waals surface area contributed by atoms with E-state index in [0.717, 1.165) is 31.3 Å². The molecule has 0 radical (unpaired) electrons. The first-order valence-corrected chi connectivity index (χ1v) is 13.2. The van der Waals surface area contributed by atoms with Gasteiger partial charge in [0.1, 0.15) is 21.2 Å². The maximum absolute atomic E-state index is 13.4. The van der Waals surface area contributed by atoms with Crippen molar-refractivity contribution in [2.45, 2.75) is 18.9 Å². The minimum atomic E-state index is -0.400. The first kappa shape index (κ1) is 23.7. The average Bonchev–Trinajstić information content (AvgIpc) is 3.25. The van der Waals surface area contributed by atoms with Crippen LogP contribution >= 0.6 is 22.9 Å². The van der Waals surface area contributed by atoms with Gasteiger partial charge in [-0.25, -0.2) is 9.78 Å². The minimum absolute atomic E-state index is 0.0716. The molecule has 0 aliphatic carbocycles. The predicted octanol–water partition coefficient (Wildman–Crippen LogP) is 6.25. The third-order valence-electron chi connectivity index (χ3n) is 6.55. The van der Waals surface area contributed by atoms with E-state index in [1.165, 1.54) is 16.2 Å². The van der Waals surface area contributed by atoms with Crippen LogP contribution in [0, 0.1) is 0 Å². The topological polar surface area (TPSA) is 86.8 Å². The Bertz CT molecular complexity index is 1510. The fourth-order valence-electron chi connectivity index (χ4n) is 4.88. The fourth-order valence-corrected chi connectivity index (χ4v) is 6.15. The van der Waals surface area contributed by atoms with Crippen LogP contribution in [0.5, 0.6) is 11.5 Å². The normalized spacial score (nSPS) is 17.5. The van der Waals surface area contributed by atoms with Gasteiger partial charge in [-0.1, -0.05) is 29.8 Å². The maximum atomic E-state index is 13.4. The largest absolute Gasteiger partial charge is 0.457 e. The summed E-state index contributed by atoms with van der Waals surface area (Å²) in [6, 6.07) is 16.0. The number of halogens is 1. The van der Waals surface area contributed by atoms with E-state index in [4.69, 9.17) is 16.3 Å². The molecule has 0 bridgehead atoms. The Kier molecular flexibility index (Phi) is 6.19. The number of para-hydroxylation sites is 1. The third kappa shape index (κ3) is 4.50. The summed E-state index contributed by atoms with van der Waals surface area (Å²) in [7, 11) is 2.05. The molecule has 4 aromatic rings. The Morgan fingerprint density at radius 3 is 2.78 bits per heavy atom. The van der Waals surface area contributed by atoms with Crippen LogP contribution in [-0.4, -0.2) is 48.0 Å². The number of urea groups is 1. The van der Waals surface area contributed by atoms with Gasteiger partial charge in [0.05, 0.1) is 27.5 Å². The molecule has 4 heterocycles. The second-order valence-corrected chi connectivity index (χ2v) is 10.6. The molecular weight excluding hydrogens is 510 g/mol. The number of thiophene rings is 1. The molecule has 37 heavy (non-hydrogen) atoms. The van der Waals surface area contributed by atoms with Gasteiger partial charge < -0.3 is 20.3 Å². The summed E-state index contributed by atoms with van der Waals surface area (Å²) in [6.07, 6.45) is 3.61. The van der Waals surface area contributed by atoms with Gasteiger partial charge in [-0.3, -0.25) is 9.69 Å². The quantitative estimate of drug-likeness (QED) is 0.316. The second-order valence-electron chi connectivity index (χ2n) is 9.19. The number of piperidine rings is 1. The van der Waals surface area contributed by atoms with E-state index in [-0.39, 0.29) is 11.9 Å². The Morgan fingerprint density at radius 1 is 1.16 bits per heavy atom. The van der Waals surface area contributed by atoms with Crippen molar-refractivity contribution in [1.82, 2.24) is 15.2 Å². The second kappa shape index (κ2) is 9.66. The zero-order valence-electron chi connectivity index (χ0n) is 20.0. The summed E-state index contributed by atoms with van der Waals surface area (Å²) < 4.78 is 5.88. The number of carbonyl (C=O) groups is 2. The molecule has 2 N–H and O–H groups in total. The molecule has 8 nitrogen and oxygen atoms in total. The summed E-state index contributed by atoms with van der Waals surface area (Å²) in [5.74, 6) is 1.05. The van der Waals surface area contributed by atoms with E-state index in [2.05, 4.69) is 27.6 Å². The van der Waals surface area contributed by atoms with Gasteiger partial charge in [0, 0.05) is 24.8 Å². The zero-order valence-corrected chi connectivity index (χ0v) is 21.6. The van der Waals surface area contributed by atoms with E-state index in [1.807, 2.05) is 30.3 Å². The Labute approximate surface area is 222 Å². The smallest absolute Gasteiger partial charge is 0.331 e. The van der Waals surface area contributed by atoms with Gasteiger partial charge in [0.25, 0.3) is 5.91 Å². The summed E-state index contributed by atoms with van der Waals surface area (Å²) in [5.41, 5.74) is 1.61. The molecule has 3 amide bonds. The Balaban J connectivity index is 1.33. The van der Waals surface area contributed by atoms with Gasteiger partial charge in [-0.15, -0.1) is 11.3 Å². The number of hydrogen-bond donors (Lipinski definition) is 2. The summed E-state index contributed by atoms with van der Waals surface area (Å²) >= 11 is 7.93. The van der Waals surface area contributed by atoms with Crippen LogP contribution in [0.3, 0.4) is 0 Å². The number of anilines is 3. The highest BCUT2D eigenvalue weighted by Crippen LogP contribution is 2.47. The molecule has 2 aromatic carbocycles. The minimum Gasteiger partial charge on any atom is -0.457 e. The molecule has 2 aromatic heterocycles. The van der Waals surface area contributed by atoms with Gasteiger partial charge in [-0.2, -0.15) is 0 Å². The number of amides is 3. The number of nitrogens with zero attached hydrogens (tertiary/aromatic N) is 3. The maximum Gasteiger partial charge on any atom is 0.331 e. The van der Waals surface area contributed by atoms with Crippen LogP contribution in [0.2, 0.25) is 5.02 Å². The van der Waals surface area contributed by atoms with Crippen LogP contribution < -0.4 is 20.3 Å². The predicted molar refractivity (Wildman–Crippen MR) is 147 cm³/mol. The molecule has 0 unspecified atom stereocenters. The lowest BCUT2D eigenvalue weighted by Gasteiger charge is -2.30. The molecule has 2 aliphatic rings. The fraction of sp³-hybridized carbons (Fsp3) is 0.222. The van der Waals surface area contributed by atoms with E-state index in [0.29, 0.717) is 43.3 Å². The van der Waals surface area contributed by atoms with Crippen molar-refractivity contribution >= 4 is 62.2 Å². The summed E-state index contributed by atoms with van der Waals surface area (Å²) in [5, 5.41) is 7.14. The molecule has 1 atom stereocenters. The highest BCUT2D eigenvalue weighted by Gasteiger charge is 2.34. The van der Waals surface area contributed by atoms with Crippen molar-refractivity contribution in [1.29, 1.82) is 0 Å². The first-order valence-electron chi connectivity index (χ1n) is 12.0. The number of pyridine rings is 1. The summed E-state index contributed by atoms with van der Waals surface area (Å²) in [4.78, 5) is 36.0. The molecule has 0 spiro atoms. The van der Waals surface area contributed by atoms with Gasteiger partial charge in [0.2, 0.25) is 0 Å². The Hall–Kier alpha value is -3.66. The molecule has 6 rings (SSSR count). The van der Waals surface area contributed by atoms with E-state index < -0.39 is 6.03 Å². The molecule has 2 aliphatic heterocycles. The van der Waals surface area contributed by atoms with Crippen LogP contribution in [0.4, 0.5) is 21.9 Å². The van der Waals surface area contributed by atoms with Gasteiger partial charge in [0.15, 0.2) is 0 Å². The number of rotatable bonds is 5. The van der Waals surface area contributed by atoms with Crippen LogP contribution in [-0.2, 0) is 0 Å². The van der Waals surface area contributed by atoms with Crippen molar-refractivity contribution in [2.24, 2.45) is 0 Å². The van der Waals surface area contributed by atoms with E-state index >= 15 is 0 Å². The van der Waals surface area contributed by atoms with Crippen molar-refractivity contribution in [3.8, 4) is 11.5 Å². The third-order valence-corrected chi connectivity index (χ3v) is 7.95. The number of hydrogen-bond acceptors (Lipinski definition) is 6.